The lowest BCUT2D eigenvalue weighted by Gasteiger charge is -2.11. The summed E-state index contributed by atoms with van der Waals surface area (Å²) in [6, 6.07) is 0. The van der Waals surface area contributed by atoms with Crippen molar-refractivity contribution in [2.75, 3.05) is 13.1 Å². The van der Waals surface area contributed by atoms with Crippen LogP contribution in [0.4, 0.5) is 0 Å². The molecule has 0 radical (unpaired) electrons. The zero-order valence-electron chi connectivity index (χ0n) is 9.20. The Kier molecular flexibility index (Phi) is 3.75. The number of H-pyrrole nitrogens is 1. The molecule has 0 spiro atoms. The number of rotatable bonds is 5. The maximum Gasteiger partial charge on any atom is 0.107 e. The van der Waals surface area contributed by atoms with Crippen LogP contribution in [0, 0.1) is 0 Å². The fourth-order valence-electron chi connectivity index (χ4n) is 1.94. The Morgan fingerprint density at radius 2 is 2.53 bits per heavy atom. The Hall–Kier alpha value is -0.870. The number of imidazole rings is 1. The molecule has 0 aromatic carbocycles. The van der Waals surface area contributed by atoms with Crippen molar-refractivity contribution in [3.05, 3.63) is 18.2 Å². The highest BCUT2D eigenvalue weighted by Gasteiger charge is 2.20. The molecule has 1 saturated heterocycles. The number of nitrogens with zero attached hydrogens (tertiary/aromatic N) is 1. The van der Waals surface area contributed by atoms with Crippen LogP contribution in [0.2, 0.25) is 0 Å². The van der Waals surface area contributed by atoms with E-state index in [1.807, 2.05) is 6.20 Å². The van der Waals surface area contributed by atoms with Crippen LogP contribution in [0.25, 0.3) is 0 Å². The second-order valence-corrected chi connectivity index (χ2v) is 4.14. The van der Waals surface area contributed by atoms with E-state index in [1.54, 1.807) is 6.20 Å². The summed E-state index contributed by atoms with van der Waals surface area (Å²) in [4.78, 5) is 7.26. The minimum absolute atomic E-state index is 0.414. The van der Waals surface area contributed by atoms with Crippen molar-refractivity contribution in [3.63, 3.8) is 0 Å². The Labute approximate surface area is 90.4 Å². The summed E-state index contributed by atoms with van der Waals surface area (Å²) < 4.78 is 5.71. The summed E-state index contributed by atoms with van der Waals surface area (Å²) >= 11 is 0. The number of aromatic amines is 1. The maximum absolute atomic E-state index is 5.71. The highest BCUT2D eigenvalue weighted by Crippen LogP contribution is 2.17. The van der Waals surface area contributed by atoms with E-state index < -0.39 is 0 Å². The summed E-state index contributed by atoms with van der Waals surface area (Å²) in [5.41, 5.74) is 0. The molecule has 1 aliphatic heterocycles. The normalized spacial score (nSPS) is 25.9. The Bertz CT molecular complexity index is 273. The predicted octanol–water partition coefficient (Wildman–Crippen LogP) is 1.11. The first-order valence-electron chi connectivity index (χ1n) is 5.69. The molecule has 0 aliphatic carbocycles. The molecule has 15 heavy (non-hydrogen) atoms. The van der Waals surface area contributed by atoms with Crippen LogP contribution in [0.5, 0.6) is 0 Å². The SMILES string of the molecule is CC1CCC(CNCCc2ncc[nH]2)O1. The summed E-state index contributed by atoms with van der Waals surface area (Å²) in [6.07, 6.45) is 7.85. The molecule has 1 aromatic rings. The van der Waals surface area contributed by atoms with Crippen molar-refractivity contribution in [1.29, 1.82) is 0 Å². The lowest BCUT2D eigenvalue weighted by molar-refractivity contribution is 0.0562. The minimum Gasteiger partial charge on any atom is -0.374 e. The van der Waals surface area contributed by atoms with Crippen molar-refractivity contribution >= 4 is 0 Å². The molecule has 4 heteroatoms. The third kappa shape index (κ3) is 3.32. The molecule has 1 aliphatic rings. The summed E-state index contributed by atoms with van der Waals surface area (Å²) in [6.45, 7) is 4.07. The molecule has 2 unspecified atom stereocenters. The van der Waals surface area contributed by atoms with Gasteiger partial charge in [0.05, 0.1) is 12.2 Å². The van der Waals surface area contributed by atoms with Gasteiger partial charge in [-0.15, -0.1) is 0 Å². The molecule has 4 nitrogen and oxygen atoms in total. The number of nitrogens with one attached hydrogen (secondary N) is 2. The average molecular weight is 209 g/mol. The van der Waals surface area contributed by atoms with Crippen LogP contribution in [-0.4, -0.2) is 35.3 Å². The van der Waals surface area contributed by atoms with Gasteiger partial charge in [0.1, 0.15) is 5.82 Å². The van der Waals surface area contributed by atoms with Gasteiger partial charge in [0.15, 0.2) is 0 Å². The van der Waals surface area contributed by atoms with E-state index in [2.05, 4.69) is 22.2 Å². The lowest BCUT2D eigenvalue weighted by Crippen LogP contribution is -2.28. The van der Waals surface area contributed by atoms with E-state index in [4.69, 9.17) is 4.74 Å². The molecule has 0 bridgehead atoms. The van der Waals surface area contributed by atoms with Crippen LogP contribution in [0.3, 0.4) is 0 Å². The second kappa shape index (κ2) is 5.28. The largest absolute Gasteiger partial charge is 0.374 e. The molecule has 84 valence electrons. The Morgan fingerprint density at radius 3 is 3.20 bits per heavy atom. The van der Waals surface area contributed by atoms with Crippen molar-refractivity contribution < 1.29 is 4.74 Å². The van der Waals surface area contributed by atoms with Crippen molar-refractivity contribution in [3.8, 4) is 0 Å². The van der Waals surface area contributed by atoms with Crippen molar-refractivity contribution in [2.45, 2.75) is 38.4 Å². The first-order chi connectivity index (χ1) is 7.34. The Balaban J connectivity index is 1.55. The van der Waals surface area contributed by atoms with Gasteiger partial charge >= 0.3 is 0 Å². The van der Waals surface area contributed by atoms with E-state index in [0.717, 1.165) is 25.3 Å². The van der Waals surface area contributed by atoms with Gasteiger partial charge in [-0.25, -0.2) is 4.98 Å². The van der Waals surface area contributed by atoms with Crippen molar-refractivity contribution in [1.82, 2.24) is 15.3 Å². The fourth-order valence-corrected chi connectivity index (χ4v) is 1.94. The predicted molar refractivity (Wildman–Crippen MR) is 58.7 cm³/mol. The van der Waals surface area contributed by atoms with E-state index in [-0.39, 0.29) is 0 Å². The molecule has 1 fully saturated rings. The number of ether oxygens (including phenoxy) is 1. The summed E-state index contributed by atoms with van der Waals surface area (Å²) in [5.74, 6) is 1.04. The number of aromatic nitrogens is 2. The highest BCUT2D eigenvalue weighted by molar-refractivity contribution is 4.87. The lowest BCUT2D eigenvalue weighted by atomic mass is 10.2. The van der Waals surface area contributed by atoms with E-state index >= 15 is 0 Å². The molecule has 0 saturated carbocycles. The zero-order valence-corrected chi connectivity index (χ0v) is 9.20. The van der Waals surface area contributed by atoms with Gasteiger partial charge in [0.2, 0.25) is 0 Å². The van der Waals surface area contributed by atoms with Crippen LogP contribution < -0.4 is 5.32 Å². The third-order valence-corrected chi connectivity index (χ3v) is 2.79. The monoisotopic (exact) mass is 209 g/mol. The van der Waals surface area contributed by atoms with Gasteiger partial charge in [-0.3, -0.25) is 0 Å². The van der Waals surface area contributed by atoms with E-state index in [1.165, 1.54) is 12.8 Å². The quantitative estimate of drug-likeness (QED) is 0.714. The molecular formula is C11H19N3O. The van der Waals surface area contributed by atoms with Crippen LogP contribution >= 0.6 is 0 Å². The fraction of sp³-hybridized carbons (Fsp3) is 0.727. The molecule has 0 amide bonds. The smallest absolute Gasteiger partial charge is 0.107 e. The van der Waals surface area contributed by atoms with Gasteiger partial charge in [-0.2, -0.15) is 0 Å². The topological polar surface area (TPSA) is 49.9 Å². The standard InChI is InChI=1S/C11H19N3O/c1-9-2-3-10(15-9)8-12-5-4-11-13-6-7-14-11/h6-7,9-10,12H,2-5,8H2,1H3,(H,13,14). The minimum atomic E-state index is 0.414. The van der Waals surface area contributed by atoms with Gasteiger partial charge in [0.25, 0.3) is 0 Å². The molecular weight excluding hydrogens is 190 g/mol. The van der Waals surface area contributed by atoms with Gasteiger partial charge in [0, 0.05) is 31.9 Å². The van der Waals surface area contributed by atoms with Gasteiger partial charge < -0.3 is 15.0 Å². The zero-order chi connectivity index (χ0) is 10.5. The van der Waals surface area contributed by atoms with Crippen molar-refractivity contribution in [2.24, 2.45) is 0 Å². The van der Waals surface area contributed by atoms with E-state index in [9.17, 15) is 0 Å². The highest BCUT2D eigenvalue weighted by atomic mass is 16.5. The Morgan fingerprint density at radius 1 is 1.60 bits per heavy atom. The van der Waals surface area contributed by atoms with Gasteiger partial charge in [-0.05, 0) is 19.8 Å². The second-order valence-electron chi connectivity index (χ2n) is 4.14. The summed E-state index contributed by atoms with van der Waals surface area (Å²) in [5, 5.41) is 3.40. The van der Waals surface area contributed by atoms with Crippen LogP contribution in [-0.2, 0) is 11.2 Å². The maximum atomic E-state index is 5.71. The van der Waals surface area contributed by atoms with Crippen LogP contribution in [0.1, 0.15) is 25.6 Å². The van der Waals surface area contributed by atoms with Crippen LogP contribution in [0.15, 0.2) is 12.4 Å². The first-order valence-corrected chi connectivity index (χ1v) is 5.69. The average Bonchev–Trinajstić information content (AvgIpc) is 2.84. The molecule has 2 rings (SSSR count). The molecule has 1 aromatic heterocycles. The van der Waals surface area contributed by atoms with E-state index in [0.29, 0.717) is 12.2 Å². The summed E-state index contributed by atoms with van der Waals surface area (Å²) in [7, 11) is 0. The first kappa shape index (κ1) is 10.6. The number of hydrogen-bond acceptors (Lipinski definition) is 3. The molecule has 2 N–H and O–H groups in total. The molecule has 2 atom stereocenters. The number of hydrogen-bond donors (Lipinski definition) is 2. The third-order valence-electron chi connectivity index (χ3n) is 2.79. The molecule has 2 heterocycles. The van der Waals surface area contributed by atoms with Gasteiger partial charge in [-0.1, -0.05) is 0 Å².